The number of benzene rings is 1. The number of hydrogen-bond acceptors (Lipinski definition) is 5. The molecule has 8 heteroatoms. The number of carbonyl (C=O) groups excluding carboxylic acids is 2. The van der Waals surface area contributed by atoms with Crippen LogP contribution < -0.4 is 10.1 Å². The van der Waals surface area contributed by atoms with Crippen LogP contribution in [0.15, 0.2) is 12.1 Å². The van der Waals surface area contributed by atoms with Gasteiger partial charge in [-0.3, -0.25) is 0 Å². The van der Waals surface area contributed by atoms with Crippen LogP contribution in [0.2, 0.25) is 5.02 Å². The predicted octanol–water partition coefficient (Wildman–Crippen LogP) is 3.17. The van der Waals surface area contributed by atoms with E-state index < -0.39 is 23.5 Å². The van der Waals surface area contributed by atoms with Gasteiger partial charge in [0.1, 0.15) is 12.2 Å². The summed E-state index contributed by atoms with van der Waals surface area (Å²) < 4.78 is 28.5. The predicted molar refractivity (Wildman–Crippen MR) is 82.5 cm³/mol. The highest BCUT2D eigenvalue weighted by molar-refractivity contribution is 6.33. The van der Waals surface area contributed by atoms with Gasteiger partial charge in [-0.15, -0.1) is 0 Å². The van der Waals surface area contributed by atoms with Gasteiger partial charge in [0.25, 0.3) is 0 Å². The number of ether oxygens (including phenoxy) is 3. The molecule has 0 aliphatic carbocycles. The minimum absolute atomic E-state index is 0.00864. The first-order valence-corrected chi connectivity index (χ1v) is 7.19. The largest absolute Gasteiger partial charge is 0.489 e. The fourth-order valence-electron chi connectivity index (χ4n) is 1.53. The first kappa shape index (κ1) is 19.0. The number of rotatable bonds is 5. The zero-order valence-electron chi connectivity index (χ0n) is 13.4. The third-order valence-electron chi connectivity index (χ3n) is 2.45. The van der Waals surface area contributed by atoms with Crippen LogP contribution in [-0.2, 0) is 9.47 Å². The van der Waals surface area contributed by atoms with Crippen molar-refractivity contribution in [3.05, 3.63) is 28.5 Å². The van der Waals surface area contributed by atoms with E-state index >= 15 is 0 Å². The standard InChI is InChI=1S/C15H19ClFNO5/c1-15(2,3)23-14(20)18-5-6-22-12-7-9(13(19)21-4)10(16)8-11(12)17/h7-8H,5-6H2,1-4H3,(H,18,20). The van der Waals surface area contributed by atoms with Gasteiger partial charge in [-0.1, -0.05) is 11.6 Å². The number of amides is 1. The number of halogens is 2. The molecular weight excluding hydrogens is 329 g/mol. The van der Waals surface area contributed by atoms with Crippen LogP contribution in [0, 0.1) is 5.82 Å². The number of methoxy groups -OCH3 is 1. The van der Waals surface area contributed by atoms with E-state index in [2.05, 4.69) is 10.1 Å². The van der Waals surface area contributed by atoms with Crippen LogP contribution in [-0.4, -0.2) is 37.9 Å². The minimum atomic E-state index is -0.722. The highest BCUT2D eigenvalue weighted by atomic mass is 35.5. The number of esters is 1. The van der Waals surface area contributed by atoms with Crippen molar-refractivity contribution < 1.29 is 28.2 Å². The molecule has 0 atom stereocenters. The fraction of sp³-hybridized carbons (Fsp3) is 0.467. The molecule has 1 aromatic carbocycles. The average Bonchev–Trinajstić information content (AvgIpc) is 2.42. The second kappa shape index (κ2) is 8.01. The number of alkyl carbamates (subject to hydrolysis) is 1. The van der Waals surface area contributed by atoms with E-state index in [9.17, 15) is 14.0 Å². The Morgan fingerprint density at radius 3 is 2.52 bits per heavy atom. The maximum Gasteiger partial charge on any atom is 0.407 e. The molecule has 0 heterocycles. The summed E-state index contributed by atoms with van der Waals surface area (Å²) in [6, 6.07) is 2.11. The van der Waals surface area contributed by atoms with E-state index in [-0.39, 0.29) is 29.5 Å². The van der Waals surface area contributed by atoms with Crippen LogP contribution in [0.5, 0.6) is 5.75 Å². The van der Waals surface area contributed by atoms with E-state index in [1.165, 1.54) is 7.11 Å². The van der Waals surface area contributed by atoms with Gasteiger partial charge in [0.15, 0.2) is 11.6 Å². The van der Waals surface area contributed by atoms with Crippen molar-refractivity contribution in [2.45, 2.75) is 26.4 Å². The SMILES string of the molecule is COC(=O)c1cc(OCCNC(=O)OC(C)(C)C)c(F)cc1Cl. The van der Waals surface area contributed by atoms with Gasteiger partial charge in [-0.2, -0.15) is 0 Å². The van der Waals surface area contributed by atoms with E-state index in [0.29, 0.717) is 0 Å². The number of hydrogen-bond donors (Lipinski definition) is 1. The van der Waals surface area contributed by atoms with Crippen molar-refractivity contribution >= 4 is 23.7 Å². The van der Waals surface area contributed by atoms with E-state index in [1.54, 1.807) is 20.8 Å². The van der Waals surface area contributed by atoms with Crippen LogP contribution in [0.4, 0.5) is 9.18 Å². The summed E-state index contributed by atoms with van der Waals surface area (Å²) in [5.74, 6) is -1.59. The zero-order chi connectivity index (χ0) is 17.6. The molecule has 1 aromatic rings. The number of carbonyl (C=O) groups is 2. The smallest absolute Gasteiger partial charge is 0.407 e. The molecule has 0 fully saturated rings. The molecule has 0 spiro atoms. The Hall–Kier alpha value is -2.02. The van der Waals surface area contributed by atoms with Crippen LogP contribution in [0.3, 0.4) is 0 Å². The van der Waals surface area contributed by atoms with Crippen molar-refractivity contribution in [2.75, 3.05) is 20.3 Å². The summed E-state index contributed by atoms with van der Waals surface area (Å²) >= 11 is 5.77. The maximum atomic E-state index is 13.7. The lowest BCUT2D eigenvalue weighted by Crippen LogP contribution is -2.34. The topological polar surface area (TPSA) is 73.9 Å². The third kappa shape index (κ3) is 6.32. The molecule has 0 aliphatic heterocycles. The van der Waals surface area contributed by atoms with Crippen LogP contribution in [0.25, 0.3) is 0 Å². The summed E-state index contributed by atoms with van der Waals surface area (Å²) in [6.07, 6.45) is -0.604. The number of nitrogens with one attached hydrogen (secondary N) is 1. The van der Waals surface area contributed by atoms with Crippen LogP contribution >= 0.6 is 11.6 Å². The Bertz CT molecular complexity index is 586. The van der Waals surface area contributed by atoms with Gasteiger partial charge in [0.05, 0.1) is 24.2 Å². The molecule has 0 aromatic heterocycles. The Balaban J connectivity index is 2.58. The van der Waals surface area contributed by atoms with E-state index in [1.807, 2.05) is 0 Å². The Kier molecular flexibility index (Phi) is 6.62. The lowest BCUT2D eigenvalue weighted by Gasteiger charge is -2.19. The summed E-state index contributed by atoms with van der Waals surface area (Å²) in [7, 11) is 1.19. The van der Waals surface area contributed by atoms with E-state index in [0.717, 1.165) is 12.1 Å². The molecule has 0 saturated heterocycles. The van der Waals surface area contributed by atoms with Crippen molar-refractivity contribution in [1.82, 2.24) is 5.32 Å². The van der Waals surface area contributed by atoms with Gasteiger partial charge in [0, 0.05) is 0 Å². The van der Waals surface area contributed by atoms with Crippen LogP contribution in [0.1, 0.15) is 31.1 Å². The minimum Gasteiger partial charge on any atom is -0.489 e. The first-order valence-electron chi connectivity index (χ1n) is 6.81. The highest BCUT2D eigenvalue weighted by Crippen LogP contribution is 2.26. The van der Waals surface area contributed by atoms with Gasteiger partial charge in [0.2, 0.25) is 0 Å². The molecule has 1 amide bonds. The molecule has 6 nitrogen and oxygen atoms in total. The zero-order valence-corrected chi connectivity index (χ0v) is 14.1. The normalized spacial score (nSPS) is 10.9. The van der Waals surface area contributed by atoms with E-state index in [4.69, 9.17) is 21.1 Å². The van der Waals surface area contributed by atoms with Crippen molar-refractivity contribution in [2.24, 2.45) is 0 Å². The average molecular weight is 348 g/mol. The lowest BCUT2D eigenvalue weighted by molar-refractivity contribution is 0.0519. The van der Waals surface area contributed by atoms with Gasteiger partial charge >= 0.3 is 12.1 Å². The molecular formula is C15H19ClFNO5. The Morgan fingerprint density at radius 1 is 1.30 bits per heavy atom. The maximum absolute atomic E-state index is 13.7. The molecule has 1 N–H and O–H groups in total. The second-order valence-electron chi connectivity index (χ2n) is 5.53. The molecule has 0 unspecified atom stereocenters. The highest BCUT2D eigenvalue weighted by Gasteiger charge is 2.17. The van der Waals surface area contributed by atoms with Crippen molar-refractivity contribution in [1.29, 1.82) is 0 Å². The summed E-state index contributed by atoms with van der Waals surface area (Å²) in [5, 5.41) is 2.39. The molecule has 1 rings (SSSR count). The monoisotopic (exact) mass is 347 g/mol. The van der Waals surface area contributed by atoms with Gasteiger partial charge in [-0.25, -0.2) is 14.0 Å². The van der Waals surface area contributed by atoms with Gasteiger partial charge in [-0.05, 0) is 32.9 Å². The fourth-order valence-corrected chi connectivity index (χ4v) is 1.76. The quantitative estimate of drug-likeness (QED) is 0.654. The second-order valence-corrected chi connectivity index (χ2v) is 5.94. The molecule has 23 heavy (non-hydrogen) atoms. The molecule has 0 radical (unpaired) electrons. The molecule has 0 aliphatic rings. The third-order valence-corrected chi connectivity index (χ3v) is 2.77. The summed E-state index contributed by atoms with van der Waals surface area (Å²) in [5.41, 5.74) is -0.617. The summed E-state index contributed by atoms with van der Waals surface area (Å²) in [4.78, 5) is 22.9. The first-order chi connectivity index (χ1) is 10.6. The Morgan fingerprint density at radius 2 is 1.96 bits per heavy atom. The lowest BCUT2D eigenvalue weighted by atomic mass is 10.2. The molecule has 128 valence electrons. The Labute approximate surface area is 138 Å². The summed E-state index contributed by atoms with van der Waals surface area (Å²) in [6.45, 7) is 5.30. The van der Waals surface area contributed by atoms with Crippen molar-refractivity contribution in [3.63, 3.8) is 0 Å². The molecule has 0 saturated carbocycles. The van der Waals surface area contributed by atoms with Gasteiger partial charge < -0.3 is 19.5 Å². The molecule has 0 bridgehead atoms. The van der Waals surface area contributed by atoms with Crippen molar-refractivity contribution in [3.8, 4) is 5.75 Å².